The number of carbonyl (C=O) groups is 8. The van der Waals surface area contributed by atoms with Crippen molar-refractivity contribution < 1.29 is 73.4 Å². The minimum Gasteiger partial charge on any atom is -0.508 e. The predicted octanol–water partition coefficient (Wildman–Crippen LogP) is 3.35. The molecule has 24 heteroatoms. The normalized spacial score (nSPS) is 21.5. The van der Waals surface area contributed by atoms with Crippen molar-refractivity contribution in [1.82, 2.24) is 41.7 Å². The zero-order valence-corrected chi connectivity index (χ0v) is 51.7. The number of carbonyl (C=O) groups excluding carboxylic acids is 7. The van der Waals surface area contributed by atoms with Gasteiger partial charge in [-0.05, 0) is 123 Å². The van der Waals surface area contributed by atoms with Gasteiger partial charge in [0.25, 0.3) is 0 Å². The fourth-order valence-electron chi connectivity index (χ4n) is 9.37. The first-order valence-corrected chi connectivity index (χ1v) is 28.5. The Kier molecular flexibility index (Phi) is 24.3. The number of carboxylic acid groups (broad SMARTS) is 1. The number of carboxylic acids is 1. The number of aliphatic hydroxyl groups is 2. The number of phenolic OH excluding ortho intramolecular Hbond substituents is 2. The van der Waals surface area contributed by atoms with Gasteiger partial charge in [-0.15, -0.1) is 0 Å². The number of likely N-dealkylation sites (N-methyl/N-ethyl adjacent to an activating group) is 2. The number of benzene rings is 3. The lowest BCUT2D eigenvalue weighted by Gasteiger charge is -2.33. The van der Waals surface area contributed by atoms with Crippen LogP contribution in [0.15, 0.2) is 103 Å². The van der Waals surface area contributed by atoms with Crippen LogP contribution in [0, 0.1) is 11.8 Å². The molecule has 2 fully saturated rings. The van der Waals surface area contributed by atoms with Crippen molar-refractivity contribution in [2.75, 3.05) is 14.1 Å². The zero-order valence-electron chi connectivity index (χ0n) is 51.7. The summed E-state index contributed by atoms with van der Waals surface area (Å²) in [7, 11) is 3.08. The van der Waals surface area contributed by atoms with Gasteiger partial charge in [-0.1, -0.05) is 68.4 Å². The molecule has 8 amide bonds. The smallest absolute Gasteiger partial charge is 0.326 e. The van der Waals surface area contributed by atoms with Gasteiger partial charge in [-0.3, -0.25) is 28.8 Å². The highest BCUT2D eigenvalue weighted by molar-refractivity contribution is 5.94. The third kappa shape index (κ3) is 19.4. The van der Waals surface area contributed by atoms with Crippen molar-refractivity contribution >= 4 is 47.4 Å². The Balaban J connectivity index is 0.000000389. The van der Waals surface area contributed by atoms with Crippen molar-refractivity contribution in [2.45, 2.75) is 180 Å². The number of nitrogens with zero attached hydrogens (tertiary/aromatic N) is 2. The summed E-state index contributed by atoms with van der Waals surface area (Å²) in [6.45, 7) is 19.8. The van der Waals surface area contributed by atoms with Crippen LogP contribution >= 0.6 is 0 Å². The summed E-state index contributed by atoms with van der Waals surface area (Å²) >= 11 is 0. The summed E-state index contributed by atoms with van der Waals surface area (Å²) in [6.07, 6.45) is 3.72. The number of nitrogens with two attached hydrogens (primary N) is 1. The molecule has 2 aliphatic heterocycles. The van der Waals surface area contributed by atoms with E-state index < -0.39 is 112 Å². The number of urea groups is 1. The Bertz CT molecular complexity index is 2930. The summed E-state index contributed by atoms with van der Waals surface area (Å²) < 4.78 is 11.6. The van der Waals surface area contributed by atoms with Gasteiger partial charge in [0.2, 0.25) is 35.4 Å². The van der Waals surface area contributed by atoms with Crippen LogP contribution in [-0.4, -0.2) is 162 Å². The second-order valence-electron chi connectivity index (χ2n) is 24.0. The lowest BCUT2D eigenvalue weighted by molar-refractivity contribution is -0.140. The standard InChI is InChI=1S/C36H49N5O9.C26H40N4O6/c1-21(16-25-14-11-15-26(42)17-25)32(45)41(7)23(3)29(31(44)37-20-27-19-36(6,49)35(4,5)50-27)40-30(43)22(2)38-34(48)39-28(33(46)47)18-24-12-9-8-10-13-24;1-15(11-18-9-8-10-19(31)12-18)24(34)30(7)17(3)21(29-22(32)16(2)27)23(33)28-14-20-13-26(6,35)25(4,5)36-20/h8-15,17,20-23,28-29,42,49H,16,18-19H2,1-7H3,(H,37,44)(H,40,43)(H,46,47)(H2,38,39,48);8-10,12,14-17,21,31,35H,11,13,27H2,1-7H3,(H,28,33)(H,29,32)/b27-20-;20-14-. The van der Waals surface area contributed by atoms with Crippen LogP contribution < -0.4 is 37.6 Å². The van der Waals surface area contributed by atoms with Gasteiger partial charge in [0.1, 0.15) is 69.6 Å². The molecule has 86 heavy (non-hydrogen) atoms. The second kappa shape index (κ2) is 29.7. The molecule has 0 radical (unpaired) electrons. The Labute approximate surface area is 503 Å². The van der Waals surface area contributed by atoms with Crippen LogP contribution in [-0.2, 0) is 62.3 Å². The highest BCUT2D eigenvalue weighted by Crippen LogP contribution is 2.42. The zero-order chi connectivity index (χ0) is 64.8. The molecule has 2 saturated heterocycles. The van der Waals surface area contributed by atoms with Gasteiger partial charge >= 0.3 is 12.0 Å². The molecule has 3 aromatic carbocycles. The van der Waals surface area contributed by atoms with Crippen LogP contribution in [0.25, 0.3) is 0 Å². The number of ether oxygens (including phenoxy) is 2. The molecule has 0 saturated carbocycles. The average molecular weight is 1200 g/mol. The molecule has 5 rings (SSSR count). The van der Waals surface area contributed by atoms with E-state index in [9.17, 15) is 63.9 Å². The largest absolute Gasteiger partial charge is 0.508 e. The van der Waals surface area contributed by atoms with Crippen LogP contribution in [0.4, 0.5) is 4.79 Å². The molecule has 0 bridgehead atoms. The van der Waals surface area contributed by atoms with Gasteiger partial charge in [-0.2, -0.15) is 0 Å². The first-order chi connectivity index (χ1) is 39.9. The maximum Gasteiger partial charge on any atom is 0.326 e. The Hall–Kier alpha value is -8.22. The third-order valence-electron chi connectivity index (χ3n) is 16.0. The monoisotopic (exact) mass is 1200 g/mol. The number of aromatic hydroxyl groups is 2. The Morgan fingerprint density at radius 2 is 0.953 bits per heavy atom. The molecule has 3 aromatic rings. The average Bonchev–Trinajstić information content (AvgIpc) is 1.88. The number of rotatable bonds is 23. The molecular weight excluding hydrogens is 1110 g/mol. The number of nitrogens with one attached hydrogen (secondary N) is 6. The number of phenols is 2. The minimum atomic E-state index is -1.33. The number of hydrogen-bond donors (Lipinski definition) is 12. The van der Waals surface area contributed by atoms with E-state index in [4.69, 9.17) is 15.2 Å². The van der Waals surface area contributed by atoms with Crippen molar-refractivity contribution in [3.8, 4) is 11.5 Å². The maximum atomic E-state index is 13.6. The summed E-state index contributed by atoms with van der Waals surface area (Å²) in [5, 5.41) is 65.7. The fourth-order valence-corrected chi connectivity index (χ4v) is 9.37. The van der Waals surface area contributed by atoms with E-state index in [2.05, 4.69) is 31.9 Å². The molecular formula is C62H89N9O15. The number of amides is 8. The molecule has 2 aliphatic rings. The van der Waals surface area contributed by atoms with E-state index in [1.54, 1.807) is 143 Å². The summed E-state index contributed by atoms with van der Waals surface area (Å²) in [6, 6.07) is 13.7. The molecule has 472 valence electrons. The van der Waals surface area contributed by atoms with E-state index in [1.807, 2.05) is 6.07 Å². The maximum absolute atomic E-state index is 13.6. The molecule has 24 nitrogen and oxygen atoms in total. The lowest BCUT2D eigenvalue weighted by Crippen LogP contribution is -2.61. The second-order valence-corrected chi connectivity index (χ2v) is 24.0. The SMILES string of the molecule is CC(Cc1cccc(O)c1)C(=O)N(C)C(C)C(NC(=O)C(C)NC(=O)NC(Cc1ccccc1)C(=O)O)C(=O)N/C=C1/CC(C)(O)C(C)(C)O1.CC(N)C(=O)NC(C(=O)N/C=C1/CC(C)(O)C(C)(C)O1)C(C)N(C)C(=O)C(C)Cc1cccc(O)c1. The molecule has 11 unspecified atom stereocenters. The molecule has 11 atom stereocenters. The van der Waals surface area contributed by atoms with Crippen molar-refractivity contribution in [1.29, 1.82) is 0 Å². The van der Waals surface area contributed by atoms with Crippen molar-refractivity contribution in [2.24, 2.45) is 17.6 Å². The predicted molar refractivity (Wildman–Crippen MR) is 320 cm³/mol. The molecule has 2 heterocycles. The van der Waals surface area contributed by atoms with Crippen molar-refractivity contribution in [3.63, 3.8) is 0 Å². The van der Waals surface area contributed by atoms with E-state index in [0.717, 1.165) is 11.1 Å². The number of aliphatic carboxylic acids is 1. The minimum absolute atomic E-state index is 0.0139. The molecule has 0 aliphatic carbocycles. The van der Waals surface area contributed by atoms with Crippen LogP contribution in [0.2, 0.25) is 0 Å². The van der Waals surface area contributed by atoms with E-state index in [-0.39, 0.29) is 42.6 Å². The molecule has 0 aromatic heterocycles. The number of hydrogen-bond acceptors (Lipinski definition) is 15. The highest BCUT2D eigenvalue weighted by Gasteiger charge is 2.50. The van der Waals surface area contributed by atoms with Gasteiger partial charge in [0.05, 0.1) is 18.1 Å². The summed E-state index contributed by atoms with van der Waals surface area (Å²) in [4.78, 5) is 107. The van der Waals surface area contributed by atoms with Crippen LogP contribution in [0.1, 0.15) is 113 Å². The van der Waals surface area contributed by atoms with Gasteiger partial charge in [0, 0.05) is 57.6 Å². The van der Waals surface area contributed by atoms with E-state index in [0.29, 0.717) is 29.9 Å². The fraction of sp³-hybridized carbons (Fsp3) is 0.516. The highest BCUT2D eigenvalue weighted by atomic mass is 16.5. The molecule has 0 spiro atoms. The summed E-state index contributed by atoms with van der Waals surface area (Å²) in [5.74, 6) is -4.48. The van der Waals surface area contributed by atoms with Crippen molar-refractivity contribution in [3.05, 3.63) is 119 Å². The van der Waals surface area contributed by atoms with Gasteiger partial charge < -0.3 is 82.4 Å². The Morgan fingerprint density at radius 3 is 1.31 bits per heavy atom. The third-order valence-corrected chi connectivity index (χ3v) is 16.0. The first-order valence-electron chi connectivity index (χ1n) is 28.5. The Morgan fingerprint density at radius 1 is 0.558 bits per heavy atom. The first kappa shape index (κ1) is 70.3. The van der Waals surface area contributed by atoms with Gasteiger partial charge in [-0.25, -0.2) is 9.59 Å². The van der Waals surface area contributed by atoms with Crippen LogP contribution in [0.5, 0.6) is 11.5 Å². The van der Waals surface area contributed by atoms with E-state index in [1.165, 1.54) is 49.2 Å². The van der Waals surface area contributed by atoms with Crippen LogP contribution in [0.3, 0.4) is 0 Å². The lowest BCUT2D eigenvalue weighted by atomic mass is 9.87. The molecule has 13 N–H and O–H groups in total. The topological polar surface area (TPSA) is 361 Å². The summed E-state index contributed by atoms with van der Waals surface area (Å²) in [5.41, 5.74) is 3.85. The van der Waals surface area contributed by atoms with Gasteiger partial charge in [0.15, 0.2) is 0 Å². The quantitative estimate of drug-likeness (QED) is 0.0648. The van der Waals surface area contributed by atoms with E-state index >= 15 is 0 Å².